The summed E-state index contributed by atoms with van der Waals surface area (Å²) in [6.45, 7) is 0. The lowest BCUT2D eigenvalue weighted by Crippen LogP contribution is -2.09. The first-order chi connectivity index (χ1) is 9.56. The van der Waals surface area contributed by atoms with Crippen LogP contribution in [0.3, 0.4) is 0 Å². The van der Waals surface area contributed by atoms with E-state index in [0.29, 0.717) is 11.3 Å². The maximum absolute atomic E-state index is 13.3. The molecular weight excluding hydrogens is 289 g/mol. The van der Waals surface area contributed by atoms with Crippen LogP contribution in [0.15, 0.2) is 30.7 Å². The van der Waals surface area contributed by atoms with Crippen LogP contribution in [0.25, 0.3) is 17.2 Å². The molecule has 20 heavy (non-hydrogen) atoms. The van der Waals surface area contributed by atoms with E-state index in [4.69, 9.17) is 16.8 Å². The summed E-state index contributed by atoms with van der Waals surface area (Å²) in [5.74, 6) is -0.292. The summed E-state index contributed by atoms with van der Waals surface area (Å²) in [6.07, 6.45) is 3.75. The van der Waals surface area contributed by atoms with Gasteiger partial charge in [0.25, 0.3) is 0 Å². The van der Waals surface area contributed by atoms with Crippen LogP contribution in [0.2, 0.25) is 5.15 Å². The number of halogens is 2. The van der Waals surface area contributed by atoms with Crippen molar-refractivity contribution in [2.24, 2.45) is 0 Å². The molecule has 9 heteroatoms. The molecule has 1 N–H and O–H groups in total. The molecule has 0 spiro atoms. The van der Waals surface area contributed by atoms with E-state index in [0.717, 1.165) is 6.20 Å². The average molecular weight is 295 g/mol. The number of hydrogen-bond acceptors (Lipinski definition) is 6. The largest absolute Gasteiger partial charge is 0.733 e. The zero-order valence-corrected chi connectivity index (χ0v) is 10.5. The van der Waals surface area contributed by atoms with Crippen molar-refractivity contribution in [3.05, 3.63) is 46.9 Å². The first-order valence-electron chi connectivity index (χ1n) is 5.38. The summed E-state index contributed by atoms with van der Waals surface area (Å²) in [5.41, 5.74) is 0.636. The van der Waals surface area contributed by atoms with Crippen molar-refractivity contribution >= 4 is 22.9 Å². The summed E-state index contributed by atoms with van der Waals surface area (Å²) in [7, 11) is 0. The summed E-state index contributed by atoms with van der Waals surface area (Å²) in [6, 6.07) is 2.78. The number of anilines is 1. The van der Waals surface area contributed by atoms with Crippen molar-refractivity contribution in [2.45, 2.75) is 0 Å². The minimum atomic E-state index is -0.444. The highest BCUT2D eigenvalue weighted by atomic mass is 35.5. The fourth-order valence-electron chi connectivity index (χ4n) is 1.73. The van der Waals surface area contributed by atoms with Gasteiger partial charge in [-0.3, -0.25) is 9.61 Å². The Kier molecular flexibility index (Phi) is 2.97. The Hall–Kier alpha value is -2.29. The first-order valence-corrected chi connectivity index (χ1v) is 5.76. The zero-order chi connectivity index (χ0) is 14.3. The van der Waals surface area contributed by atoms with Crippen LogP contribution < -0.4 is 5.23 Å². The standard InChI is InChI=1S/C11H6ClFN5O2/c12-10-7(18(19)20)3-15-11(16-10)8-4-14-9-2-1-6(13)5-17(8)9/h1-5,19H/q-1. The molecule has 3 aromatic heterocycles. The third-order valence-corrected chi connectivity index (χ3v) is 2.91. The van der Waals surface area contributed by atoms with Crippen LogP contribution in [0, 0.1) is 11.0 Å². The van der Waals surface area contributed by atoms with Crippen LogP contribution in [0.4, 0.5) is 10.1 Å². The smallest absolute Gasteiger partial charge is 0.179 e. The molecule has 102 valence electrons. The van der Waals surface area contributed by atoms with Crippen LogP contribution in [-0.4, -0.2) is 24.6 Å². The number of fused-ring (bicyclic) bond motifs is 1. The Morgan fingerprint density at radius 2 is 2.10 bits per heavy atom. The van der Waals surface area contributed by atoms with Crippen molar-refractivity contribution in [3.8, 4) is 11.5 Å². The highest BCUT2D eigenvalue weighted by molar-refractivity contribution is 6.32. The van der Waals surface area contributed by atoms with Gasteiger partial charge in [0.1, 0.15) is 22.8 Å². The van der Waals surface area contributed by atoms with Gasteiger partial charge in [0, 0.05) is 6.20 Å². The average Bonchev–Trinajstić information content (AvgIpc) is 2.81. The topological polar surface area (TPSA) is 89.6 Å². The Bertz CT molecular complexity index is 792. The van der Waals surface area contributed by atoms with E-state index in [1.165, 1.54) is 28.9 Å². The second-order valence-corrected chi connectivity index (χ2v) is 4.22. The van der Waals surface area contributed by atoms with E-state index in [2.05, 4.69) is 15.0 Å². The fourth-order valence-corrected chi connectivity index (χ4v) is 1.93. The number of imidazole rings is 1. The lowest BCUT2D eigenvalue weighted by molar-refractivity contribution is 0.296. The molecule has 0 saturated carbocycles. The van der Waals surface area contributed by atoms with Gasteiger partial charge in [-0.2, -0.15) is 0 Å². The quantitative estimate of drug-likeness (QED) is 0.576. The summed E-state index contributed by atoms with van der Waals surface area (Å²) in [4.78, 5) is 11.9. The molecule has 0 fully saturated rings. The number of aromatic nitrogens is 4. The molecule has 0 aliphatic carbocycles. The van der Waals surface area contributed by atoms with Gasteiger partial charge in [-0.15, -0.1) is 0 Å². The molecule has 0 saturated heterocycles. The summed E-state index contributed by atoms with van der Waals surface area (Å²) >= 11 is 5.77. The molecule has 0 aromatic carbocycles. The minimum absolute atomic E-state index is 0.152. The van der Waals surface area contributed by atoms with Crippen LogP contribution in [0.5, 0.6) is 0 Å². The number of nitrogens with zero attached hydrogens (tertiary/aromatic N) is 5. The molecule has 0 unspecified atom stereocenters. The molecule has 0 aliphatic rings. The predicted octanol–water partition coefficient (Wildman–Crippen LogP) is 2.28. The molecule has 3 rings (SSSR count). The SMILES string of the molecule is [O-]N(O)c1cnc(-c2cnc3ccc(F)cn23)nc1Cl. The monoisotopic (exact) mass is 294 g/mol. The maximum Gasteiger partial charge on any atom is 0.179 e. The summed E-state index contributed by atoms with van der Waals surface area (Å²) in [5, 5.41) is 18.9. The molecular formula is C11H6ClFN5O2-. The van der Waals surface area contributed by atoms with Gasteiger partial charge in [0.2, 0.25) is 0 Å². The first kappa shape index (κ1) is 12.7. The van der Waals surface area contributed by atoms with Gasteiger partial charge in [-0.1, -0.05) is 11.6 Å². The van der Waals surface area contributed by atoms with Gasteiger partial charge >= 0.3 is 0 Å². The molecule has 0 amide bonds. The van der Waals surface area contributed by atoms with Gasteiger partial charge in [-0.05, 0) is 12.1 Å². The van der Waals surface area contributed by atoms with Gasteiger partial charge in [-0.25, -0.2) is 19.3 Å². The highest BCUT2D eigenvalue weighted by Gasteiger charge is 2.12. The lowest BCUT2D eigenvalue weighted by Gasteiger charge is -2.21. The Morgan fingerprint density at radius 3 is 2.80 bits per heavy atom. The van der Waals surface area contributed by atoms with Gasteiger partial charge < -0.3 is 10.4 Å². The van der Waals surface area contributed by atoms with E-state index in [1.54, 1.807) is 0 Å². The molecule has 0 radical (unpaired) electrons. The number of rotatable bonds is 2. The Balaban J connectivity index is 2.16. The third kappa shape index (κ3) is 2.05. The molecule has 0 aliphatic heterocycles. The third-order valence-electron chi connectivity index (χ3n) is 2.63. The van der Waals surface area contributed by atoms with Crippen molar-refractivity contribution in [1.82, 2.24) is 19.4 Å². The van der Waals surface area contributed by atoms with Crippen molar-refractivity contribution < 1.29 is 9.60 Å². The number of hydrogen-bond donors (Lipinski definition) is 1. The molecule has 3 aromatic rings. The van der Waals surface area contributed by atoms with Crippen LogP contribution in [0.1, 0.15) is 0 Å². The van der Waals surface area contributed by atoms with Gasteiger partial charge in [0.15, 0.2) is 11.0 Å². The number of pyridine rings is 1. The predicted molar refractivity (Wildman–Crippen MR) is 68.8 cm³/mol. The Labute approximate surface area is 116 Å². The second-order valence-electron chi connectivity index (χ2n) is 3.86. The van der Waals surface area contributed by atoms with Crippen LogP contribution in [-0.2, 0) is 0 Å². The van der Waals surface area contributed by atoms with Crippen LogP contribution >= 0.6 is 11.6 Å². The minimum Gasteiger partial charge on any atom is -0.733 e. The van der Waals surface area contributed by atoms with E-state index >= 15 is 0 Å². The van der Waals surface area contributed by atoms with E-state index in [-0.39, 0.29) is 16.7 Å². The van der Waals surface area contributed by atoms with Crippen molar-refractivity contribution in [2.75, 3.05) is 5.23 Å². The van der Waals surface area contributed by atoms with E-state index < -0.39 is 11.0 Å². The maximum atomic E-state index is 13.3. The molecule has 0 atom stereocenters. The molecule has 3 heterocycles. The Morgan fingerprint density at radius 1 is 1.30 bits per heavy atom. The van der Waals surface area contributed by atoms with Crippen molar-refractivity contribution in [3.63, 3.8) is 0 Å². The van der Waals surface area contributed by atoms with E-state index in [9.17, 15) is 9.60 Å². The van der Waals surface area contributed by atoms with E-state index in [1.807, 2.05) is 0 Å². The zero-order valence-electron chi connectivity index (χ0n) is 9.73. The fraction of sp³-hybridized carbons (Fsp3) is 0. The molecule has 0 bridgehead atoms. The van der Waals surface area contributed by atoms with Crippen molar-refractivity contribution in [1.29, 1.82) is 0 Å². The summed E-state index contributed by atoms with van der Waals surface area (Å²) < 4.78 is 14.7. The second kappa shape index (κ2) is 4.67. The van der Waals surface area contributed by atoms with Gasteiger partial charge in [0.05, 0.1) is 12.4 Å². The molecule has 7 nitrogen and oxygen atoms in total. The normalized spacial score (nSPS) is 11.0. The lowest BCUT2D eigenvalue weighted by atomic mass is 10.4. The highest BCUT2D eigenvalue weighted by Crippen LogP contribution is 2.25.